The summed E-state index contributed by atoms with van der Waals surface area (Å²) in [6, 6.07) is 9.55. The van der Waals surface area contributed by atoms with Gasteiger partial charge in [-0.05, 0) is 43.0 Å². The van der Waals surface area contributed by atoms with E-state index in [9.17, 15) is 13.9 Å². The van der Waals surface area contributed by atoms with Crippen molar-refractivity contribution in [3.8, 4) is 0 Å². The lowest BCUT2D eigenvalue weighted by Gasteiger charge is -2.21. The minimum absolute atomic E-state index is 0.117. The number of hydrogen-bond acceptors (Lipinski definition) is 3. The van der Waals surface area contributed by atoms with E-state index in [0.29, 0.717) is 5.92 Å². The lowest BCUT2D eigenvalue weighted by Crippen LogP contribution is -2.36. The van der Waals surface area contributed by atoms with Crippen LogP contribution < -0.4 is 5.32 Å². The summed E-state index contributed by atoms with van der Waals surface area (Å²) < 4.78 is 27.4. The molecular formula is C18H20F2N2O. The fraction of sp³-hybridized carbons (Fsp3) is 0.389. The Kier molecular flexibility index (Phi) is 4.98. The highest BCUT2D eigenvalue weighted by atomic mass is 19.1. The Bertz CT molecular complexity index is 626. The summed E-state index contributed by atoms with van der Waals surface area (Å²) in [5.41, 5.74) is 0.704. The number of pyridine rings is 1. The van der Waals surface area contributed by atoms with E-state index in [1.165, 1.54) is 6.07 Å². The van der Waals surface area contributed by atoms with Gasteiger partial charge in [-0.15, -0.1) is 0 Å². The molecule has 0 bridgehead atoms. The van der Waals surface area contributed by atoms with E-state index in [1.807, 2.05) is 18.2 Å². The molecule has 5 heteroatoms. The van der Waals surface area contributed by atoms with E-state index in [0.717, 1.165) is 37.1 Å². The molecule has 23 heavy (non-hydrogen) atoms. The van der Waals surface area contributed by atoms with Crippen molar-refractivity contribution in [1.29, 1.82) is 0 Å². The summed E-state index contributed by atoms with van der Waals surface area (Å²) in [4.78, 5) is 4.32. The second-order valence-corrected chi connectivity index (χ2v) is 6.03. The molecule has 2 N–H and O–H groups in total. The molecule has 1 aromatic carbocycles. The number of nitrogens with zero attached hydrogens (tertiary/aromatic N) is 1. The first kappa shape index (κ1) is 16.0. The minimum atomic E-state index is -1.21. The predicted octanol–water partition coefficient (Wildman–Crippen LogP) is 3.00. The summed E-state index contributed by atoms with van der Waals surface area (Å²) >= 11 is 0. The summed E-state index contributed by atoms with van der Waals surface area (Å²) in [6.07, 6.45) is 3.56. The van der Waals surface area contributed by atoms with Crippen molar-refractivity contribution in [3.63, 3.8) is 0 Å². The van der Waals surface area contributed by atoms with Crippen LogP contribution in [0, 0.1) is 17.6 Å². The first-order chi connectivity index (χ1) is 11.1. The third kappa shape index (κ3) is 4.12. The van der Waals surface area contributed by atoms with Crippen molar-refractivity contribution in [3.05, 3.63) is 65.5 Å². The molecular weight excluding hydrogens is 298 g/mol. The molecule has 2 atom stereocenters. The van der Waals surface area contributed by atoms with Gasteiger partial charge in [0.25, 0.3) is 0 Å². The van der Waals surface area contributed by atoms with Crippen molar-refractivity contribution in [2.75, 3.05) is 6.54 Å². The molecule has 1 heterocycles. The maximum absolute atomic E-state index is 13.7. The number of aliphatic hydroxyl groups is 1. The number of benzene rings is 1. The first-order valence-electron chi connectivity index (χ1n) is 7.90. The van der Waals surface area contributed by atoms with Crippen LogP contribution in [0.3, 0.4) is 0 Å². The number of nitrogens with one attached hydrogen (secondary N) is 1. The van der Waals surface area contributed by atoms with Gasteiger partial charge in [0.05, 0.1) is 11.7 Å². The zero-order chi connectivity index (χ0) is 16.2. The van der Waals surface area contributed by atoms with Gasteiger partial charge in [-0.25, -0.2) is 8.78 Å². The smallest absolute Gasteiger partial charge is 0.131 e. The van der Waals surface area contributed by atoms with Gasteiger partial charge in [-0.3, -0.25) is 4.98 Å². The van der Waals surface area contributed by atoms with Crippen LogP contribution in [0.1, 0.15) is 30.2 Å². The van der Waals surface area contributed by atoms with Crippen LogP contribution in [0.15, 0.2) is 42.6 Å². The molecule has 0 spiro atoms. The zero-order valence-corrected chi connectivity index (χ0v) is 12.8. The molecule has 0 amide bonds. The molecule has 122 valence electrons. The van der Waals surface area contributed by atoms with E-state index < -0.39 is 17.7 Å². The highest BCUT2D eigenvalue weighted by molar-refractivity contribution is 5.22. The second kappa shape index (κ2) is 7.15. The zero-order valence-electron chi connectivity index (χ0n) is 12.8. The number of hydrogen-bond donors (Lipinski definition) is 2. The number of aromatic nitrogens is 1. The standard InChI is InChI=1S/C18H20F2N2O/c19-14-5-3-6-15(20)18(14)17(23)11-22-16(12-7-8-12)10-13-4-1-2-9-21-13/h1-6,9,12,16-17,22-23H,7-8,10-11H2. The summed E-state index contributed by atoms with van der Waals surface area (Å²) in [7, 11) is 0. The molecule has 2 unspecified atom stereocenters. The third-order valence-corrected chi connectivity index (χ3v) is 4.25. The molecule has 0 radical (unpaired) electrons. The Morgan fingerprint density at radius 2 is 1.87 bits per heavy atom. The monoisotopic (exact) mass is 318 g/mol. The molecule has 1 aliphatic carbocycles. The van der Waals surface area contributed by atoms with Crippen LogP contribution in [0.5, 0.6) is 0 Å². The first-order valence-corrected chi connectivity index (χ1v) is 7.90. The topological polar surface area (TPSA) is 45.1 Å². The number of aliphatic hydroxyl groups excluding tert-OH is 1. The van der Waals surface area contributed by atoms with E-state index in [2.05, 4.69) is 10.3 Å². The van der Waals surface area contributed by atoms with Gasteiger partial charge in [0.1, 0.15) is 11.6 Å². The predicted molar refractivity (Wildman–Crippen MR) is 83.8 cm³/mol. The van der Waals surface area contributed by atoms with Crippen molar-refractivity contribution < 1.29 is 13.9 Å². The molecule has 1 aromatic heterocycles. The minimum Gasteiger partial charge on any atom is -0.387 e. The largest absolute Gasteiger partial charge is 0.387 e. The molecule has 0 saturated heterocycles. The Balaban J connectivity index is 1.63. The van der Waals surface area contributed by atoms with Crippen LogP contribution in [-0.2, 0) is 6.42 Å². The SMILES string of the molecule is OC(CNC(Cc1ccccn1)C1CC1)c1c(F)cccc1F. The average Bonchev–Trinajstić information content (AvgIpc) is 3.37. The van der Waals surface area contributed by atoms with Crippen molar-refractivity contribution in [2.24, 2.45) is 5.92 Å². The van der Waals surface area contributed by atoms with E-state index in [4.69, 9.17) is 0 Å². The van der Waals surface area contributed by atoms with Crippen molar-refractivity contribution in [2.45, 2.75) is 31.4 Å². The van der Waals surface area contributed by atoms with Crippen LogP contribution in [0.25, 0.3) is 0 Å². The quantitative estimate of drug-likeness (QED) is 0.825. The van der Waals surface area contributed by atoms with Gasteiger partial charge in [0.2, 0.25) is 0 Å². The Morgan fingerprint density at radius 1 is 1.13 bits per heavy atom. The fourth-order valence-corrected chi connectivity index (χ4v) is 2.84. The molecule has 3 rings (SSSR count). The summed E-state index contributed by atoms with van der Waals surface area (Å²) in [5, 5.41) is 13.4. The molecule has 1 fully saturated rings. The normalized spacial score (nSPS) is 17.0. The van der Waals surface area contributed by atoms with Gasteiger partial charge in [-0.1, -0.05) is 12.1 Å². The maximum atomic E-state index is 13.7. The van der Waals surface area contributed by atoms with E-state index in [1.54, 1.807) is 6.20 Å². The summed E-state index contributed by atoms with van der Waals surface area (Å²) in [5.74, 6) is -0.895. The number of rotatable bonds is 7. The second-order valence-electron chi connectivity index (χ2n) is 6.03. The number of halogens is 2. The van der Waals surface area contributed by atoms with E-state index >= 15 is 0 Å². The van der Waals surface area contributed by atoms with Crippen LogP contribution in [0.4, 0.5) is 8.78 Å². The third-order valence-electron chi connectivity index (χ3n) is 4.25. The Morgan fingerprint density at radius 3 is 2.48 bits per heavy atom. The lowest BCUT2D eigenvalue weighted by atomic mass is 10.0. The van der Waals surface area contributed by atoms with Crippen molar-refractivity contribution in [1.82, 2.24) is 10.3 Å². The van der Waals surface area contributed by atoms with Crippen LogP contribution >= 0.6 is 0 Å². The van der Waals surface area contributed by atoms with Gasteiger partial charge in [-0.2, -0.15) is 0 Å². The van der Waals surface area contributed by atoms with Gasteiger partial charge >= 0.3 is 0 Å². The molecule has 3 nitrogen and oxygen atoms in total. The lowest BCUT2D eigenvalue weighted by molar-refractivity contribution is 0.158. The fourth-order valence-electron chi connectivity index (χ4n) is 2.84. The highest BCUT2D eigenvalue weighted by Gasteiger charge is 2.32. The molecule has 1 saturated carbocycles. The van der Waals surface area contributed by atoms with E-state index in [-0.39, 0.29) is 18.2 Å². The molecule has 1 aliphatic rings. The maximum Gasteiger partial charge on any atom is 0.131 e. The Labute approximate surface area is 134 Å². The molecule has 2 aromatic rings. The van der Waals surface area contributed by atoms with Crippen molar-refractivity contribution >= 4 is 0 Å². The van der Waals surface area contributed by atoms with Crippen LogP contribution in [0.2, 0.25) is 0 Å². The summed E-state index contributed by atoms with van der Waals surface area (Å²) in [6.45, 7) is 0.117. The van der Waals surface area contributed by atoms with Gasteiger partial charge in [0.15, 0.2) is 0 Å². The highest BCUT2D eigenvalue weighted by Crippen LogP contribution is 2.34. The van der Waals surface area contributed by atoms with Gasteiger partial charge < -0.3 is 10.4 Å². The molecule has 0 aliphatic heterocycles. The van der Waals surface area contributed by atoms with Crippen LogP contribution in [-0.4, -0.2) is 22.7 Å². The Hall–Kier alpha value is -1.85. The average molecular weight is 318 g/mol. The van der Waals surface area contributed by atoms with Gasteiger partial charge in [0, 0.05) is 30.9 Å².